The Morgan fingerprint density at radius 3 is 2.96 bits per heavy atom. The van der Waals surface area contributed by atoms with Gasteiger partial charge in [-0.25, -0.2) is 9.78 Å². The molecular weight excluding hydrogens is 318 g/mol. The van der Waals surface area contributed by atoms with Gasteiger partial charge in [-0.3, -0.25) is 4.98 Å². The summed E-state index contributed by atoms with van der Waals surface area (Å²) in [5.41, 5.74) is 1.06. The molecule has 0 aliphatic carbocycles. The van der Waals surface area contributed by atoms with Crippen molar-refractivity contribution in [2.24, 2.45) is 0 Å². The summed E-state index contributed by atoms with van der Waals surface area (Å²) in [7, 11) is 1.63. The summed E-state index contributed by atoms with van der Waals surface area (Å²) in [5, 5.41) is 9.32. The zero-order valence-corrected chi connectivity index (χ0v) is 13.3. The maximum Gasteiger partial charge on any atom is 0.337 e. The van der Waals surface area contributed by atoms with Gasteiger partial charge in [-0.2, -0.15) is 0 Å². The maximum atomic E-state index is 11.0. The van der Waals surface area contributed by atoms with Crippen LogP contribution >= 0.6 is 11.6 Å². The quantitative estimate of drug-likeness (QED) is 0.927. The molecule has 120 valence electrons. The van der Waals surface area contributed by atoms with Crippen molar-refractivity contribution >= 4 is 23.4 Å². The average molecular weight is 334 g/mol. The molecule has 1 aliphatic rings. The van der Waals surface area contributed by atoms with E-state index in [1.54, 1.807) is 13.3 Å². The number of carboxylic acids is 1. The molecular formula is C16H16ClN3O3. The number of carbonyl (C=O) groups is 1. The van der Waals surface area contributed by atoms with E-state index in [0.29, 0.717) is 10.8 Å². The van der Waals surface area contributed by atoms with E-state index < -0.39 is 5.97 Å². The van der Waals surface area contributed by atoms with Crippen molar-refractivity contribution < 1.29 is 14.6 Å². The zero-order chi connectivity index (χ0) is 16.4. The number of methoxy groups -OCH3 is 1. The Morgan fingerprint density at radius 2 is 2.26 bits per heavy atom. The van der Waals surface area contributed by atoms with Gasteiger partial charge in [0.25, 0.3) is 0 Å². The molecule has 0 spiro atoms. The Hall–Kier alpha value is -2.34. The van der Waals surface area contributed by atoms with Gasteiger partial charge < -0.3 is 14.7 Å². The molecule has 23 heavy (non-hydrogen) atoms. The lowest BCUT2D eigenvalue weighted by Gasteiger charge is -2.19. The Labute approximate surface area is 138 Å². The van der Waals surface area contributed by atoms with Gasteiger partial charge in [0, 0.05) is 43.2 Å². The van der Waals surface area contributed by atoms with Crippen LogP contribution in [0.2, 0.25) is 5.02 Å². The number of anilines is 1. The predicted molar refractivity (Wildman–Crippen MR) is 86.6 cm³/mol. The Bertz CT molecular complexity index is 738. The number of pyridine rings is 2. The summed E-state index contributed by atoms with van der Waals surface area (Å²) in [4.78, 5) is 21.6. The van der Waals surface area contributed by atoms with Crippen molar-refractivity contribution in [1.82, 2.24) is 9.97 Å². The second kappa shape index (κ2) is 6.42. The van der Waals surface area contributed by atoms with Crippen LogP contribution in [0.5, 0.6) is 5.75 Å². The van der Waals surface area contributed by atoms with Crippen LogP contribution in [0.4, 0.5) is 5.82 Å². The van der Waals surface area contributed by atoms with Crippen molar-refractivity contribution in [3.63, 3.8) is 0 Å². The molecule has 7 heteroatoms. The Morgan fingerprint density at radius 1 is 1.43 bits per heavy atom. The highest BCUT2D eigenvalue weighted by atomic mass is 35.5. The predicted octanol–water partition coefficient (Wildman–Crippen LogP) is 2.83. The maximum absolute atomic E-state index is 11.0. The first-order chi connectivity index (χ1) is 11.1. The molecule has 1 saturated heterocycles. The smallest absolute Gasteiger partial charge is 0.337 e. The molecule has 0 saturated carbocycles. The minimum absolute atomic E-state index is 0.0870. The van der Waals surface area contributed by atoms with Gasteiger partial charge >= 0.3 is 5.97 Å². The second-order valence-electron chi connectivity index (χ2n) is 5.39. The van der Waals surface area contributed by atoms with Crippen molar-refractivity contribution in [2.75, 3.05) is 25.1 Å². The molecule has 3 heterocycles. The SMILES string of the molecule is COc1ccnc(C2CCN(c3ncc(C(=O)O)cc3Cl)C2)c1. The van der Waals surface area contributed by atoms with Crippen LogP contribution in [0, 0.1) is 0 Å². The molecule has 1 atom stereocenters. The fraction of sp³-hybridized carbons (Fsp3) is 0.312. The summed E-state index contributed by atoms with van der Waals surface area (Å²) < 4.78 is 5.24. The van der Waals surface area contributed by atoms with E-state index >= 15 is 0 Å². The molecule has 0 radical (unpaired) electrons. The standard InChI is InChI=1S/C16H16ClN3O3/c1-23-12-2-4-18-14(7-12)10-3-5-20(9-10)15-13(17)6-11(8-19-15)16(21)22/h2,4,6-8,10H,3,5,9H2,1H3,(H,21,22). The highest BCUT2D eigenvalue weighted by Gasteiger charge is 2.27. The third kappa shape index (κ3) is 3.22. The number of carboxylic acid groups (broad SMARTS) is 1. The van der Waals surface area contributed by atoms with Gasteiger partial charge in [0.1, 0.15) is 11.6 Å². The van der Waals surface area contributed by atoms with E-state index in [-0.39, 0.29) is 11.5 Å². The van der Waals surface area contributed by atoms with Crippen LogP contribution in [0.3, 0.4) is 0 Å². The average Bonchev–Trinajstić information content (AvgIpc) is 3.04. The van der Waals surface area contributed by atoms with Gasteiger partial charge in [0.2, 0.25) is 0 Å². The van der Waals surface area contributed by atoms with Crippen LogP contribution in [0.15, 0.2) is 30.6 Å². The minimum atomic E-state index is -1.04. The molecule has 0 aromatic carbocycles. The summed E-state index contributed by atoms with van der Waals surface area (Å²) in [6.07, 6.45) is 4.00. The van der Waals surface area contributed by atoms with Crippen LogP contribution in [-0.4, -0.2) is 41.2 Å². The first kappa shape index (κ1) is 15.6. The number of nitrogens with zero attached hydrogens (tertiary/aromatic N) is 3. The van der Waals surface area contributed by atoms with Gasteiger partial charge in [0.05, 0.1) is 17.7 Å². The van der Waals surface area contributed by atoms with Crippen molar-refractivity contribution in [1.29, 1.82) is 0 Å². The van der Waals surface area contributed by atoms with Crippen LogP contribution in [-0.2, 0) is 0 Å². The molecule has 2 aromatic heterocycles. The molecule has 2 aromatic rings. The zero-order valence-electron chi connectivity index (χ0n) is 12.6. The molecule has 6 nitrogen and oxygen atoms in total. The number of aromatic carboxylic acids is 1. The van der Waals surface area contributed by atoms with Crippen molar-refractivity contribution in [3.8, 4) is 5.75 Å². The molecule has 0 bridgehead atoms. The van der Waals surface area contributed by atoms with Gasteiger partial charge in [-0.15, -0.1) is 0 Å². The van der Waals surface area contributed by atoms with E-state index in [4.69, 9.17) is 21.4 Å². The lowest BCUT2D eigenvalue weighted by atomic mass is 10.0. The Balaban J connectivity index is 1.78. The van der Waals surface area contributed by atoms with Crippen LogP contribution in [0.1, 0.15) is 28.4 Å². The summed E-state index contributed by atoms with van der Waals surface area (Å²) in [6, 6.07) is 5.19. The third-order valence-electron chi connectivity index (χ3n) is 3.96. The van der Waals surface area contributed by atoms with Crippen molar-refractivity contribution in [2.45, 2.75) is 12.3 Å². The highest BCUT2D eigenvalue weighted by molar-refractivity contribution is 6.33. The molecule has 1 fully saturated rings. The number of rotatable bonds is 4. The fourth-order valence-corrected chi connectivity index (χ4v) is 3.04. The highest BCUT2D eigenvalue weighted by Crippen LogP contribution is 2.33. The van der Waals surface area contributed by atoms with Crippen LogP contribution < -0.4 is 9.64 Å². The number of aromatic nitrogens is 2. The largest absolute Gasteiger partial charge is 0.497 e. The van der Waals surface area contributed by atoms with E-state index in [2.05, 4.69) is 14.9 Å². The number of halogens is 1. The lowest BCUT2D eigenvalue weighted by molar-refractivity contribution is 0.0696. The summed E-state index contributed by atoms with van der Waals surface area (Å²) in [6.45, 7) is 1.53. The number of hydrogen-bond acceptors (Lipinski definition) is 5. The summed E-state index contributed by atoms with van der Waals surface area (Å²) in [5.74, 6) is 0.630. The Kier molecular flexibility index (Phi) is 4.34. The topological polar surface area (TPSA) is 75.5 Å². The lowest BCUT2D eigenvalue weighted by Crippen LogP contribution is -2.21. The molecule has 3 rings (SSSR count). The molecule has 1 N–H and O–H groups in total. The third-order valence-corrected chi connectivity index (χ3v) is 4.24. The normalized spacial score (nSPS) is 17.3. The van der Waals surface area contributed by atoms with Gasteiger partial charge in [0.15, 0.2) is 0 Å². The van der Waals surface area contributed by atoms with E-state index in [1.165, 1.54) is 12.3 Å². The molecule has 0 amide bonds. The fourth-order valence-electron chi connectivity index (χ4n) is 2.75. The van der Waals surface area contributed by atoms with Crippen LogP contribution in [0.25, 0.3) is 0 Å². The van der Waals surface area contributed by atoms with E-state index in [1.807, 2.05) is 12.1 Å². The molecule has 1 unspecified atom stereocenters. The molecule has 1 aliphatic heterocycles. The number of ether oxygens (including phenoxy) is 1. The first-order valence-electron chi connectivity index (χ1n) is 7.22. The van der Waals surface area contributed by atoms with Crippen molar-refractivity contribution in [3.05, 3.63) is 46.9 Å². The van der Waals surface area contributed by atoms with Gasteiger partial charge in [-0.05, 0) is 18.6 Å². The van der Waals surface area contributed by atoms with E-state index in [0.717, 1.165) is 31.0 Å². The summed E-state index contributed by atoms with van der Waals surface area (Å²) >= 11 is 6.19. The second-order valence-corrected chi connectivity index (χ2v) is 5.79. The number of hydrogen-bond donors (Lipinski definition) is 1. The monoisotopic (exact) mass is 333 g/mol. The van der Waals surface area contributed by atoms with E-state index in [9.17, 15) is 4.79 Å². The minimum Gasteiger partial charge on any atom is -0.497 e. The van der Waals surface area contributed by atoms with Gasteiger partial charge in [-0.1, -0.05) is 11.6 Å². The first-order valence-corrected chi connectivity index (χ1v) is 7.60.